The zero-order valence-electron chi connectivity index (χ0n) is 18.7. The minimum atomic E-state index is -5.08. The summed E-state index contributed by atoms with van der Waals surface area (Å²) in [5.74, 6) is -5.42. The van der Waals surface area contributed by atoms with Gasteiger partial charge in [0.2, 0.25) is 0 Å². The van der Waals surface area contributed by atoms with Crippen molar-refractivity contribution >= 4 is 17.8 Å². The van der Waals surface area contributed by atoms with E-state index in [0.717, 1.165) is 38.0 Å². The number of carboxylic acid groups (broad SMARTS) is 2. The minimum absolute atomic E-state index is 0.0941. The summed E-state index contributed by atoms with van der Waals surface area (Å²) in [6.07, 6.45) is -5.54. The molecule has 9 nitrogen and oxygen atoms in total. The van der Waals surface area contributed by atoms with Crippen molar-refractivity contribution in [3.8, 4) is 0 Å². The number of carbonyl (C=O) groups is 3. The van der Waals surface area contributed by atoms with E-state index in [2.05, 4.69) is 16.0 Å². The summed E-state index contributed by atoms with van der Waals surface area (Å²) in [5, 5.41) is 14.2. The van der Waals surface area contributed by atoms with Crippen molar-refractivity contribution in [3.05, 3.63) is 30.1 Å². The van der Waals surface area contributed by atoms with Crippen LogP contribution in [-0.4, -0.2) is 94.1 Å². The number of hydrogen-bond donors (Lipinski definition) is 2. The van der Waals surface area contributed by atoms with Crippen LogP contribution in [0.15, 0.2) is 24.4 Å². The molecule has 0 aliphatic carbocycles. The van der Waals surface area contributed by atoms with E-state index in [4.69, 9.17) is 24.5 Å². The van der Waals surface area contributed by atoms with Crippen LogP contribution < -0.4 is 0 Å². The van der Waals surface area contributed by atoms with Gasteiger partial charge in [-0.2, -0.15) is 26.3 Å². The quantitative estimate of drug-likeness (QED) is 0.588. The van der Waals surface area contributed by atoms with E-state index in [1.807, 2.05) is 18.3 Å². The fourth-order valence-electron chi connectivity index (χ4n) is 3.38. The molecule has 2 aliphatic heterocycles. The van der Waals surface area contributed by atoms with Crippen molar-refractivity contribution in [2.45, 2.75) is 56.4 Å². The molecule has 0 aromatic carbocycles. The summed E-state index contributed by atoms with van der Waals surface area (Å²) >= 11 is 0. The van der Waals surface area contributed by atoms with Gasteiger partial charge < -0.3 is 19.8 Å². The zero-order valence-corrected chi connectivity index (χ0v) is 18.7. The number of likely N-dealkylation sites (tertiary alicyclic amines) is 1. The maximum Gasteiger partial charge on any atom is 0.490 e. The van der Waals surface area contributed by atoms with Crippen LogP contribution in [0.5, 0.6) is 0 Å². The lowest BCUT2D eigenvalue weighted by molar-refractivity contribution is -0.193. The summed E-state index contributed by atoms with van der Waals surface area (Å²) in [6.45, 7) is 1.90. The molecular formula is C20H25F6N3O6. The Balaban J connectivity index is 0.000000362. The number of hydrogen-bond acceptors (Lipinski definition) is 6. The first-order chi connectivity index (χ1) is 16.0. The molecule has 1 amide bonds. The van der Waals surface area contributed by atoms with E-state index < -0.39 is 24.3 Å². The average molecular weight is 517 g/mol. The summed E-state index contributed by atoms with van der Waals surface area (Å²) in [7, 11) is 3.58. The monoisotopic (exact) mass is 517 g/mol. The van der Waals surface area contributed by atoms with Crippen LogP contribution in [0.4, 0.5) is 26.3 Å². The number of carbonyl (C=O) groups excluding carboxylic acids is 1. The smallest absolute Gasteiger partial charge is 0.475 e. The Morgan fingerprint density at radius 2 is 1.57 bits per heavy atom. The van der Waals surface area contributed by atoms with Crippen LogP contribution in [0.1, 0.15) is 25.0 Å². The number of likely N-dealkylation sites (N-methyl/N-ethyl adjacent to an activating group) is 1. The third-order valence-corrected chi connectivity index (χ3v) is 4.96. The van der Waals surface area contributed by atoms with Crippen molar-refractivity contribution in [2.24, 2.45) is 0 Å². The number of carboxylic acids is 2. The van der Waals surface area contributed by atoms with Crippen molar-refractivity contribution in [1.82, 2.24) is 14.8 Å². The summed E-state index contributed by atoms with van der Waals surface area (Å²) in [4.78, 5) is 38.3. The van der Waals surface area contributed by atoms with Gasteiger partial charge in [-0.05, 0) is 31.4 Å². The van der Waals surface area contributed by atoms with E-state index in [0.29, 0.717) is 6.04 Å². The molecule has 3 atom stereocenters. The second kappa shape index (κ2) is 12.7. The first-order valence-electron chi connectivity index (χ1n) is 10.1. The van der Waals surface area contributed by atoms with E-state index in [1.54, 1.807) is 19.0 Å². The van der Waals surface area contributed by atoms with Gasteiger partial charge in [-0.1, -0.05) is 6.07 Å². The lowest BCUT2D eigenvalue weighted by atomic mass is 9.98. The normalized spacial score (nSPS) is 22.0. The highest BCUT2D eigenvalue weighted by molar-refractivity contribution is 5.80. The molecule has 2 aliphatic rings. The third kappa shape index (κ3) is 10.1. The lowest BCUT2D eigenvalue weighted by Crippen LogP contribution is -2.47. The van der Waals surface area contributed by atoms with Crippen LogP contribution in [0.2, 0.25) is 0 Å². The van der Waals surface area contributed by atoms with Crippen molar-refractivity contribution in [1.29, 1.82) is 0 Å². The summed E-state index contributed by atoms with van der Waals surface area (Å²) in [5.41, 5.74) is 1.10. The number of alkyl halides is 6. The Morgan fingerprint density at radius 1 is 1.03 bits per heavy atom. The molecule has 1 aromatic rings. The number of halogens is 6. The molecule has 0 spiro atoms. The maximum atomic E-state index is 12.0. The fraction of sp³-hybridized carbons (Fsp3) is 0.600. The highest BCUT2D eigenvalue weighted by atomic mass is 19.4. The van der Waals surface area contributed by atoms with Crippen LogP contribution in [0.3, 0.4) is 0 Å². The van der Waals surface area contributed by atoms with Crippen LogP contribution >= 0.6 is 0 Å². The molecule has 2 fully saturated rings. The molecule has 0 bridgehead atoms. The lowest BCUT2D eigenvalue weighted by Gasteiger charge is -2.36. The second-order valence-electron chi connectivity index (χ2n) is 7.73. The zero-order chi connectivity index (χ0) is 27.0. The molecule has 35 heavy (non-hydrogen) atoms. The van der Waals surface area contributed by atoms with Gasteiger partial charge in [0.05, 0.1) is 11.8 Å². The topological polar surface area (TPSA) is 120 Å². The third-order valence-electron chi connectivity index (χ3n) is 4.96. The predicted octanol–water partition coefficient (Wildman–Crippen LogP) is 2.56. The number of pyridine rings is 1. The molecule has 15 heteroatoms. The number of aromatic nitrogens is 1. The van der Waals surface area contributed by atoms with Crippen molar-refractivity contribution in [2.75, 3.05) is 20.6 Å². The van der Waals surface area contributed by atoms with Gasteiger partial charge in [-0.15, -0.1) is 0 Å². The van der Waals surface area contributed by atoms with E-state index in [9.17, 15) is 31.1 Å². The Hall–Kier alpha value is -2.94. The van der Waals surface area contributed by atoms with Gasteiger partial charge in [-0.3, -0.25) is 14.7 Å². The highest BCUT2D eigenvalue weighted by Crippen LogP contribution is 2.32. The number of amides is 1. The molecule has 0 unspecified atom stereocenters. The minimum Gasteiger partial charge on any atom is -0.475 e. The molecule has 0 saturated carbocycles. The molecule has 3 heterocycles. The molecule has 2 saturated heterocycles. The molecule has 3 rings (SSSR count). The maximum absolute atomic E-state index is 12.0. The number of nitrogens with zero attached hydrogens (tertiary/aromatic N) is 3. The fourth-order valence-corrected chi connectivity index (χ4v) is 3.38. The van der Waals surface area contributed by atoms with Gasteiger partial charge in [0.25, 0.3) is 5.91 Å². The van der Waals surface area contributed by atoms with Gasteiger partial charge >= 0.3 is 24.3 Å². The molecule has 198 valence electrons. The first-order valence-corrected chi connectivity index (χ1v) is 10.1. The standard InChI is InChI=1S/C16H23N3O2.2C2HF3O2/c1-18(2)16(20)15-7-6-13-14(21-15)8-10-19(13)11-12-5-3-4-9-17-12;2*3-2(4,5)1(6)7/h3-5,9,13-15H,6-8,10-11H2,1-2H3;2*(H,6,7)/t13-,14-,15+;;/m1../s1. The highest BCUT2D eigenvalue weighted by Gasteiger charge is 2.42. The van der Waals surface area contributed by atoms with Crippen LogP contribution in [-0.2, 0) is 25.7 Å². The second-order valence-corrected chi connectivity index (χ2v) is 7.73. The van der Waals surface area contributed by atoms with Crippen molar-refractivity contribution < 1.29 is 55.7 Å². The number of rotatable bonds is 3. The van der Waals surface area contributed by atoms with Gasteiger partial charge in [0.1, 0.15) is 6.10 Å². The first kappa shape index (κ1) is 30.1. The average Bonchev–Trinajstić information content (AvgIpc) is 3.15. The van der Waals surface area contributed by atoms with Crippen molar-refractivity contribution in [3.63, 3.8) is 0 Å². The Morgan fingerprint density at radius 3 is 2.00 bits per heavy atom. The SMILES string of the molecule is CN(C)C(=O)[C@@H]1CC[C@@H]2[C@@H](CCN2Cc2ccccn2)O1.O=C(O)C(F)(F)F.O=C(O)C(F)(F)F. The predicted molar refractivity (Wildman–Crippen MR) is 107 cm³/mol. The summed E-state index contributed by atoms with van der Waals surface area (Å²) < 4.78 is 69.5. The van der Waals surface area contributed by atoms with E-state index in [-0.39, 0.29) is 18.1 Å². The number of ether oxygens (including phenoxy) is 1. The molecule has 0 radical (unpaired) electrons. The van der Waals surface area contributed by atoms with Gasteiger partial charge in [-0.25, -0.2) is 9.59 Å². The largest absolute Gasteiger partial charge is 0.490 e. The van der Waals surface area contributed by atoms with Crippen LogP contribution in [0.25, 0.3) is 0 Å². The van der Waals surface area contributed by atoms with Crippen LogP contribution in [0, 0.1) is 0 Å². The van der Waals surface area contributed by atoms with E-state index in [1.165, 1.54) is 0 Å². The summed E-state index contributed by atoms with van der Waals surface area (Å²) in [6, 6.07) is 6.46. The Bertz CT molecular complexity index is 826. The number of fused-ring (bicyclic) bond motifs is 1. The number of aliphatic carboxylic acids is 2. The van der Waals surface area contributed by atoms with E-state index >= 15 is 0 Å². The Labute approximate surface area is 196 Å². The van der Waals surface area contributed by atoms with Gasteiger partial charge in [0, 0.05) is 39.4 Å². The van der Waals surface area contributed by atoms with Gasteiger partial charge in [0.15, 0.2) is 0 Å². The molecule has 2 N–H and O–H groups in total. The molecular weight excluding hydrogens is 492 g/mol. The molecule has 1 aromatic heterocycles. The Kier molecular flexibility index (Phi) is 10.9.